The number of para-hydroxylation sites is 3. The topological polar surface area (TPSA) is 35.6 Å². The minimum atomic E-state index is -0.219. The van der Waals surface area contributed by atoms with Gasteiger partial charge in [-0.3, -0.25) is 0 Å². The van der Waals surface area contributed by atoms with E-state index in [1.807, 2.05) is 0 Å². The summed E-state index contributed by atoms with van der Waals surface area (Å²) in [6.45, 7) is 4.69. The van der Waals surface area contributed by atoms with E-state index in [1.54, 1.807) is 0 Å². The lowest BCUT2D eigenvalue weighted by Gasteiger charge is -2.25. The summed E-state index contributed by atoms with van der Waals surface area (Å²) in [7, 11) is 0. The van der Waals surface area contributed by atoms with Crippen molar-refractivity contribution in [2.75, 3.05) is 0 Å². The fraction of sp³-hybridized carbons (Fsp3) is 0.0462. The molecule has 0 radical (unpaired) electrons. The van der Waals surface area contributed by atoms with Gasteiger partial charge in [0.25, 0.3) is 0 Å². The van der Waals surface area contributed by atoms with Crippen molar-refractivity contribution < 1.29 is 0 Å². The highest BCUT2D eigenvalue weighted by molar-refractivity contribution is 6.19. The molecule has 3 aromatic heterocycles. The number of hydrogen-bond acceptors (Lipinski definition) is 2. The summed E-state index contributed by atoms with van der Waals surface area (Å²) in [4.78, 5) is 11.0. The lowest BCUT2D eigenvalue weighted by Crippen LogP contribution is -2.16. The Morgan fingerprint density at radius 3 is 1.74 bits per heavy atom. The summed E-state index contributed by atoms with van der Waals surface area (Å²) in [6, 6.07) is 80.1. The fourth-order valence-corrected chi connectivity index (χ4v) is 12.1. The molecule has 0 saturated carbocycles. The molecule has 0 unspecified atom stereocenters. The van der Waals surface area contributed by atoms with Crippen LogP contribution < -0.4 is 0 Å². The second-order valence-electron chi connectivity index (χ2n) is 19.3. The molecular formula is C65H42N4. The minimum absolute atomic E-state index is 0.219. The van der Waals surface area contributed by atoms with Crippen LogP contribution in [0.5, 0.6) is 0 Å². The molecule has 4 nitrogen and oxygen atoms in total. The maximum absolute atomic E-state index is 5.50. The molecular weight excluding hydrogens is 837 g/mol. The molecule has 4 heteroatoms. The summed E-state index contributed by atoms with van der Waals surface area (Å²) < 4.78 is 4.95. The van der Waals surface area contributed by atoms with Gasteiger partial charge in [-0.25, -0.2) is 9.97 Å². The first-order valence-electron chi connectivity index (χ1n) is 23.9. The molecule has 1 aliphatic rings. The molecule has 0 fully saturated rings. The van der Waals surface area contributed by atoms with Crippen molar-refractivity contribution in [1.29, 1.82) is 0 Å². The van der Waals surface area contributed by atoms with Crippen LogP contribution in [0.4, 0.5) is 0 Å². The molecule has 0 atom stereocenters. The largest absolute Gasteiger partial charge is 0.309 e. The van der Waals surface area contributed by atoms with E-state index in [0.29, 0.717) is 0 Å². The van der Waals surface area contributed by atoms with Gasteiger partial charge in [0.15, 0.2) is 0 Å². The van der Waals surface area contributed by atoms with E-state index >= 15 is 0 Å². The lowest BCUT2D eigenvalue weighted by atomic mass is 9.79. The summed E-state index contributed by atoms with van der Waals surface area (Å²) in [5.74, 6) is 0. The zero-order valence-corrected chi connectivity index (χ0v) is 38.1. The molecule has 1 aliphatic carbocycles. The van der Waals surface area contributed by atoms with Gasteiger partial charge in [0, 0.05) is 54.8 Å². The van der Waals surface area contributed by atoms with Gasteiger partial charge in [0.1, 0.15) is 0 Å². The molecule has 0 spiro atoms. The van der Waals surface area contributed by atoms with Crippen molar-refractivity contribution in [3.8, 4) is 45.0 Å². The number of hydrogen-bond donors (Lipinski definition) is 0. The first kappa shape index (κ1) is 38.3. The zero-order chi connectivity index (χ0) is 45.5. The Balaban J connectivity index is 0.970. The van der Waals surface area contributed by atoms with Crippen LogP contribution in [0.25, 0.3) is 132 Å². The molecule has 0 bridgehead atoms. The Morgan fingerprint density at radius 1 is 0.333 bits per heavy atom. The molecule has 14 aromatic rings. The van der Waals surface area contributed by atoms with E-state index in [9.17, 15) is 0 Å². The van der Waals surface area contributed by atoms with Crippen LogP contribution in [0, 0.1) is 0 Å². The third kappa shape index (κ3) is 5.40. The van der Waals surface area contributed by atoms with Gasteiger partial charge < -0.3 is 9.13 Å². The Morgan fingerprint density at radius 2 is 0.899 bits per heavy atom. The van der Waals surface area contributed by atoms with E-state index in [2.05, 4.69) is 241 Å². The maximum atomic E-state index is 5.50. The first-order valence-corrected chi connectivity index (χ1v) is 23.9. The second-order valence-corrected chi connectivity index (χ2v) is 19.3. The molecule has 0 N–H and O–H groups in total. The van der Waals surface area contributed by atoms with Gasteiger partial charge in [0.05, 0.1) is 44.5 Å². The van der Waals surface area contributed by atoms with Crippen molar-refractivity contribution in [2.24, 2.45) is 0 Å². The SMILES string of the molecule is CC1(C)c2ccccc2-c2cccc(-c3nc4ccccc4nc3-c3cccc4cc(-n5c6cc(-n7c8ccccc8c8ccc9ccccc9c87)ccc6c6cc7ccccc7cc65)ccc34)c21. The predicted octanol–water partition coefficient (Wildman–Crippen LogP) is 16.9. The monoisotopic (exact) mass is 878 g/mol. The molecule has 0 saturated heterocycles. The highest BCUT2D eigenvalue weighted by atomic mass is 15.0. The third-order valence-corrected chi connectivity index (χ3v) is 15.2. The van der Waals surface area contributed by atoms with Gasteiger partial charge in [-0.05, 0) is 104 Å². The Bertz CT molecular complexity index is 4530. The summed E-state index contributed by atoms with van der Waals surface area (Å²) in [5.41, 5.74) is 17.7. The minimum Gasteiger partial charge on any atom is -0.309 e. The van der Waals surface area contributed by atoms with E-state index in [-0.39, 0.29) is 5.41 Å². The average Bonchev–Trinajstić information content (AvgIpc) is 3.99. The number of fused-ring (bicyclic) bond motifs is 14. The van der Waals surface area contributed by atoms with Gasteiger partial charge in [0.2, 0.25) is 0 Å². The third-order valence-electron chi connectivity index (χ3n) is 15.2. The predicted molar refractivity (Wildman–Crippen MR) is 289 cm³/mol. The number of rotatable bonds is 4. The van der Waals surface area contributed by atoms with Crippen LogP contribution in [-0.4, -0.2) is 19.1 Å². The van der Waals surface area contributed by atoms with E-state index in [1.165, 1.54) is 81.9 Å². The standard InChI is InChI=1S/C65H42N4/c1-65(2)55-25-9-7-20-47(55)50-22-14-24-53(61(50)65)63-62(66-56-26-10-11-27-57(56)67-63)51-23-13-18-42-35-43(30-33-45(42)51)68-59-37-41-17-4-3-16-40(41)36-54(59)49-34-31-44(38-60(49)68)69-58-28-12-8-21-48(58)52-32-29-39-15-5-6-19-46(39)64(52)69/h3-38H,1-2H3. The molecule has 15 rings (SSSR count). The fourth-order valence-electron chi connectivity index (χ4n) is 12.1. The maximum Gasteiger partial charge on any atom is 0.0979 e. The highest BCUT2D eigenvalue weighted by Gasteiger charge is 2.38. The Hall–Kier alpha value is -8.86. The van der Waals surface area contributed by atoms with E-state index < -0.39 is 0 Å². The quantitative estimate of drug-likeness (QED) is 0.177. The van der Waals surface area contributed by atoms with Crippen molar-refractivity contribution in [3.05, 3.63) is 230 Å². The van der Waals surface area contributed by atoms with Crippen molar-refractivity contribution in [3.63, 3.8) is 0 Å². The van der Waals surface area contributed by atoms with Crippen molar-refractivity contribution in [1.82, 2.24) is 19.1 Å². The van der Waals surface area contributed by atoms with Gasteiger partial charge in [-0.1, -0.05) is 178 Å². The van der Waals surface area contributed by atoms with Gasteiger partial charge in [-0.15, -0.1) is 0 Å². The van der Waals surface area contributed by atoms with Crippen molar-refractivity contribution in [2.45, 2.75) is 19.3 Å². The van der Waals surface area contributed by atoms with E-state index in [0.717, 1.165) is 61.2 Å². The van der Waals surface area contributed by atoms with Gasteiger partial charge >= 0.3 is 0 Å². The molecule has 0 aliphatic heterocycles. The van der Waals surface area contributed by atoms with Crippen LogP contribution >= 0.6 is 0 Å². The van der Waals surface area contributed by atoms with Crippen LogP contribution in [0.3, 0.4) is 0 Å². The molecule has 322 valence electrons. The smallest absolute Gasteiger partial charge is 0.0979 e. The van der Waals surface area contributed by atoms with Crippen LogP contribution in [0.15, 0.2) is 218 Å². The average molecular weight is 879 g/mol. The van der Waals surface area contributed by atoms with Crippen LogP contribution in [0.1, 0.15) is 25.0 Å². The van der Waals surface area contributed by atoms with Crippen LogP contribution in [-0.2, 0) is 5.41 Å². The van der Waals surface area contributed by atoms with Crippen LogP contribution in [0.2, 0.25) is 0 Å². The normalized spacial score (nSPS) is 13.2. The van der Waals surface area contributed by atoms with Gasteiger partial charge in [-0.2, -0.15) is 0 Å². The lowest BCUT2D eigenvalue weighted by molar-refractivity contribution is 0.662. The molecule has 69 heavy (non-hydrogen) atoms. The molecule has 0 amide bonds. The Kier molecular flexibility index (Phi) is 7.81. The second kappa shape index (κ2) is 14.1. The highest BCUT2D eigenvalue weighted by Crippen LogP contribution is 2.53. The molecule has 3 heterocycles. The number of benzene rings is 11. The zero-order valence-electron chi connectivity index (χ0n) is 38.1. The Labute approximate surface area is 398 Å². The number of aromatic nitrogens is 4. The summed E-state index contributed by atoms with van der Waals surface area (Å²) in [5, 5.41) is 12.1. The summed E-state index contributed by atoms with van der Waals surface area (Å²) >= 11 is 0. The van der Waals surface area contributed by atoms with E-state index in [4.69, 9.17) is 9.97 Å². The summed E-state index contributed by atoms with van der Waals surface area (Å²) in [6.07, 6.45) is 0. The molecule has 11 aromatic carbocycles. The number of nitrogens with zero attached hydrogens (tertiary/aromatic N) is 4. The van der Waals surface area contributed by atoms with Crippen molar-refractivity contribution >= 4 is 87.0 Å². The first-order chi connectivity index (χ1) is 34.0.